The molecule has 1 unspecified atom stereocenters. The summed E-state index contributed by atoms with van der Waals surface area (Å²) < 4.78 is 5.52. The Hall–Kier alpha value is -1.86. The lowest BCUT2D eigenvalue weighted by Crippen LogP contribution is -2.25. The Morgan fingerprint density at radius 2 is 2.28 bits per heavy atom. The molecule has 1 aromatic rings. The van der Waals surface area contributed by atoms with Crippen LogP contribution in [0.25, 0.3) is 0 Å². The first-order valence-electron chi connectivity index (χ1n) is 6.20. The topological polar surface area (TPSA) is 62.1 Å². The summed E-state index contributed by atoms with van der Waals surface area (Å²) >= 11 is 0. The minimum absolute atomic E-state index is 0.0213. The highest BCUT2D eigenvalue weighted by Crippen LogP contribution is 2.18. The number of hydrogen-bond acceptors (Lipinski definition) is 3. The molecule has 0 bridgehead atoms. The van der Waals surface area contributed by atoms with Gasteiger partial charge in [0.15, 0.2) is 0 Å². The molecule has 94 valence electrons. The molecule has 4 nitrogen and oxygen atoms in total. The van der Waals surface area contributed by atoms with Crippen molar-refractivity contribution in [2.24, 2.45) is 0 Å². The Labute approximate surface area is 107 Å². The van der Waals surface area contributed by atoms with Crippen LogP contribution in [0.3, 0.4) is 0 Å². The van der Waals surface area contributed by atoms with Crippen LogP contribution in [0.4, 0.5) is 5.69 Å². The van der Waals surface area contributed by atoms with Gasteiger partial charge in [0.25, 0.3) is 0 Å². The van der Waals surface area contributed by atoms with Crippen LogP contribution in [0.1, 0.15) is 31.2 Å². The quantitative estimate of drug-likeness (QED) is 0.888. The van der Waals surface area contributed by atoms with E-state index >= 15 is 0 Å². The Morgan fingerprint density at radius 3 is 3.00 bits per heavy atom. The van der Waals surface area contributed by atoms with E-state index < -0.39 is 0 Å². The highest BCUT2D eigenvalue weighted by molar-refractivity contribution is 5.92. The summed E-state index contributed by atoms with van der Waals surface area (Å²) in [5, 5.41) is 11.7. The van der Waals surface area contributed by atoms with Crippen molar-refractivity contribution in [1.29, 1.82) is 5.26 Å². The molecule has 1 aliphatic heterocycles. The smallest absolute Gasteiger partial charge is 0.227 e. The predicted octanol–water partition coefficient (Wildman–Crippen LogP) is 2.46. The van der Waals surface area contributed by atoms with Gasteiger partial charge in [0.05, 0.1) is 23.8 Å². The number of rotatable bonds is 3. The fourth-order valence-corrected chi connectivity index (χ4v) is 2.07. The predicted molar refractivity (Wildman–Crippen MR) is 68.0 cm³/mol. The fourth-order valence-electron chi connectivity index (χ4n) is 2.07. The first-order valence-corrected chi connectivity index (χ1v) is 6.20. The zero-order valence-corrected chi connectivity index (χ0v) is 10.2. The van der Waals surface area contributed by atoms with Crippen molar-refractivity contribution in [3.63, 3.8) is 0 Å². The minimum atomic E-state index is -0.0930. The SMILES string of the molecule is N#Cc1ccccc1NC(=O)CC1CCCCO1. The molecule has 1 aromatic carbocycles. The van der Waals surface area contributed by atoms with E-state index in [4.69, 9.17) is 10.00 Å². The number of carbonyl (C=O) groups is 1. The van der Waals surface area contributed by atoms with E-state index in [1.54, 1.807) is 24.3 Å². The van der Waals surface area contributed by atoms with Gasteiger partial charge >= 0.3 is 0 Å². The van der Waals surface area contributed by atoms with E-state index in [0.29, 0.717) is 17.7 Å². The second-order valence-corrected chi connectivity index (χ2v) is 4.40. The number of hydrogen-bond donors (Lipinski definition) is 1. The van der Waals surface area contributed by atoms with Crippen LogP contribution in [0.2, 0.25) is 0 Å². The van der Waals surface area contributed by atoms with Crippen LogP contribution >= 0.6 is 0 Å². The summed E-state index contributed by atoms with van der Waals surface area (Å²) in [7, 11) is 0. The third kappa shape index (κ3) is 3.31. The van der Waals surface area contributed by atoms with Gasteiger partial charge in [-0.3, -0.25) is 4.79 Å². The number of anilines is 1. The summed E-state index contributed by atoms with van der Waals surface area (Å²) in [5.41, 5.74) is 1.05. The van der Waals surface area contributed by atoms with Gasteiger partial charge in [-0.2, -0.15) is 5.26 Å². The van der Waals surface area contributed by atoms with E-state index in [-0.39, 0.29) is 12.0 Å². The van der Waals surface area contributed by atoms with Crippen LogP contribution in [-0.2, 0) is 9.53 Å². The molecule has 1 heterocycles. The molecule has 0 aliphatic carbocycles. The van der Waals surface area contributed by atoms with Crippen molar-refractivity contribution >= 4 is 11.6 Å². The first-order chi connectivity index (χ1) is 8.79. The van der Waals surface area contributed by atoms with Gasteiger partial charge in [0.2, 0.25) is 5.91 Å². The van der Waals surface area contributed by atoms with Crippen molar-refractivity contribution in [1.82, 2.24) is 0 Å². The minimum Gasteiger partial charge on any atom is -0.378 e. The van der Waals surface area contributed by atoms with Crippen molar-refractivity contribution in [2.45, 2.75) is 31.8 Å². The molecule has 1 aliphatic rings. The molecule has 0 spiro atoms. The third-order valence-electron chi connectivity index (χ3n) is 3.01. The van der Waals surface area contributed by atoms with Crippen LogP contribution < -0.4 is 5.32 Å². The molecule has 4 heteroatoms. The monoisotopic (exact) mass is 244 g/mol. The standard InChI is InChI=1S/C14H16N2O2/c15-10-11-5-1-2-7-13(11)16-14(17)9-12-6-3-4-8-18-12/h1-2,5,7,12H,3-4,6,8-9H2,(H,16,17). The van der Waals surface area contributed by atoms with E-state index in [0.717, 1.165) is 25.9 Å². The number of para-hydroxylation sites is 1. The average Bonchev–Trinajstić information content (AvgIpc) is 2.40. The molecule has 1 amide bonds. The highest BCUT2D eigenvalue weighted by Gasteiger charge is 2.18. The number of benzene rings is 1. The number of nitriles is 1. The Morgan fingerprint density at radius 1 is 1.44 bits per heavy atom. The molecule has 1 atom stereocenters. The van der Waals surface area contributed by atoms with E-state index in [1.807, 2.05) is 0 Å². The Bertz CT molecular complexity index is 459. The van der Waals surface area contributed by atoms with Gasteiger partial charge in [-0.05, 0) is 31.4 Å². The maximum Gasteiger partial charge on any atom is 0.227 e. The zero-order chi connectivity index (χ0) is 12.8. The van der Waals surface area contributed by atoms with Gasteiger partial charge in [-0.25, -0.2) is 0 Å². The maximum absolute atomic E-state index is 11.8. The lowest BCUT2D eigenvalue weighted by atomic mass is 10.1. The zero-order valence-electron chi connectivity index (χ0n) is 10.2. The molecule has 0 saturated carbocycles. The lowest BCUT2D eigenvalue weighted by Gasteiger charge is -2.22. The van der Waals surface area contributed by atoms with Crippen molar-refractivity contribution < 1.29 is 9.53 Å². The molecule has 1 N–H and O–H groups in total. The van der Waals surface area contributed by atoms with Gasteiger partial charge in [0, 0.05) is 6.61 Å². The first kappa shape index (κ1) is 12.6. The normalized spacial score (nSPS) is 18.9. The molecule has 2 rings (SSSR count). The molecule has 0 radical (unpaired) electrons. The van der Waals surface area contributed by atoms with Crippen LogP contribution in [0.5, 0.6) is 0 Å². The van der Waals surface area contributed by atoms with Gasteiger partial charge in [-0.1, -0.05) is 12.1 Å². The second kappa shape index (κ2) is 6.18. The van der Waals surface area contributed by atoms with Crippen LogP contribution in [0.15, 0.2) is 24.3 Å². The second-order valence-electron chi connectivity index (χ2n) is 4.40. The largest absolute Gasteiger partial charge is 0.378 e. The van der Waals surface area contributed by atoms with Crippen LogP contribution in [0, 0.1) is 11.3 Å². The Balaban J connectivity index is 1.92. The summed E-state index contributed by atoms with van der Waals surface area (Å²) in [6.07, 6.45) is 3.52. The molecular weight excluding hydrogens is 228 g/mol. The van der Waals surface area contributed by atoms with E-state index in [9.17, 15) is 4.79 Å². The summed E-state index contributed by atoms with van der Waals surface area (Å²) in [6.45, 7) is 0.743. The number of carbonyl (C=O) groups excluding carboxylic acids is 1. The molecule has 1 fully saturated rings. The summed E-state index contributed by atoms with van der Waals surface area (Å²) in [4.78, 5) is 11.8. The number of ether oxygens (including phenoxy) is 1. The lowest BCUT2D eigenvalue weighted by molar-refractivity contribution is -0.119. The highest BCUT2D eigenvalue weighted by atomic mass is 16.5. The number of nitrogens with zero attached hydrogens (tertiary/aromatic N) is 1. The van der Waals surface area contributed by atoms with Gasteiger partial charge < -0.3 is 10.1 Å². The van der Waals surface area contributed by atoms with E-state index in [2.05, 4.69) is 11.4 Å². The average molecular weight is 244 g/mol. The number of amides is 1. The van der Waals surface area contributed by atoms with Gasteiger partial charge in [0.1, 0.15) is 6.07 Å². The number of nitrogens with one attached hydrogen (secondary N) is 1. The third-order valence-corrected chi connectivity index (χ3v) is 3.01. The summed E-state index contributed by atoms with van der Waals surface area (Å²) in [6, 6.07) is 9.06. The van der Waals surface area contributed by atoms with Crippen molar-refractivity contribution in [2.75, 3.05) is 11.9 Å². The molecule has 18 heavy (non-hydrogen) atoms. The van der Waals surface area contributed by atoms with Gasteiger partial charge in [-0.15, -0.1) is 0 Å². The maximum atomic E-state index is 11.8. The fraction of sp³-hybridized carbons (Fsp3) is 0.429. The van der Waals surface area contributed by atoms with Crippen molar-refractivity contribution in [3.8, 4) is 6.07 Å². The van der Waals surface area contributed by atoms with E-state index in [1.165, 1.54) is 0 Å². The Kier molecular flexibility index (Phi) is 4.32. The van der Waals surface area contributed by atoms with Crippen LogP contribution in [-0.4, -0.2) is 18.6 Å². The molecule has 1 saturated heterocycles. The summed E-state index contributed by atoms with van der Waals surface area (Å²) in [5.74, 6) is -0.0930. The van der Waals surface area contributed by atoms with Crippen molar-refractivity contribution in [3.05, 3.63) is 29.8 Å². The molecule has 0 aromatic heterocycles. The molecular formula is C14H16N2O2.